The van der Waals surface area contributed by atoms with Crippen molar-refractivity contribution < 1.29 is 23.8 Å². The summed E-state index contributed by atoms with van der Waals surface area (Å²) in [5.41, 5.74) is 8.44. The number of anilines is 1. The van der Waals surface area contributed by atoms with Gasteiger partial charge in [0.05, 0.1) is 23.1 Å². The molecule has 0 spiro atoms. The average Bonchev–Trinajstić information content (AvgIpc) is 3.18. The number of rotatable bonds is 6. The number of fused-ring (bicyclic) bond motifs is 1. The van der Waals surface area contributed by atoms with Crippen molar-refractivity contribution in [2.45, 2.75) is 6.92 Å². The Morgan fingerprint density at radius 1 is 1.23 bits per heavy atom. The second-order valence-corrected chi connectivity index (χ2v) is 7.18. The molecule has 0 fully saturated rings. The highest BCUT2D eigenvalue weighted by atomic mass is 32.1. The first-order valence-electron chi connectivity index (χ1n) is 7.81. The molecule has 2 heterocycles. The van der Waals surface area contributed by atoms with Crippen LogP contribution in [0, 0.1) is 0 Å². The molecule has 0 saturated carbocycles. The Bertz CT molecular complexity index is 960. The van der Waals surface area contributed by atoms with Crippen LogP contribution >= 0.6 is 22.7 Å². The number of methoxy groups -OCH3 is 1. The van der Waals surface area contributed by atoms with Crippen LogP contribution < -0.4 is 10.5 Å². The molecule has 2 N–H and O–H groups in total. The number of ether oxygens (including phenoxy) is 3. The van der Waals surface area contributed by atoms with Crippen LogP contribution in [0.25, 0.3) is 20.5 Å². The highest BCUT2D eigenvalue weighted by molar-refractivity contribution is 7.29. The second-order valence-electron chi connectivity index (χ2n) is 5.28. The number of carbonyl (C=O) groups excluding carboxylic acids is 2. The van der Waals surface area contributed by atoms with Gasteiger partial charge in [0.1, 0.15) is 0 Å². The normalized spacial score (nSPS) is 10.7. The zero-order valence-corrected chi connectivity index (χ0v) is 15.9. The first-order chi connectivity index (χ1) is 12.5. The van der Waals surface area contributed by atoms with E-state index in [4.69, 9.17) is 19.9 Å². The number of benzene rings is 1. The highest BCUT2D eigenvalue weighted by Crippen LogP contribution is 2.47. The minimum Gasteiger partial charge on any atom is -0.479 e. The lowest BCUT2D eigenvalue weighted by Crippen LogP contribution is -2.15. The van der Waals surface area contributed by atoms with Crippen molar-refractivity contribution in [2.24, 2.45) is 0 Å². The van der Waals surface area contributed by atoms with Gasteiger partial charge in [-0.25, -0.2) is 9.59 Å². The van der Waals surface area contributed by atoms with Crippen molar-refractivity contribution in [1.29, 1.82) is 0 Å². The summed E-state index contributed by atoms with van der Waals surface area (Å²) in [5.74, 6) is -0.642. The lowest BCUT2D eigenvalue weighted by atomic mass is 10.1. The van der Waals surface area contributed by atoms with Gasteiger partial charge in [0.15, 0.2) is 17.2 Å². The van der Waals surface area contributed by atoms with Gasteiger partial charge in [0.25, 0.3) is 0 Å². The maximum Gasteiger partial charge on any atom is 0.351 e. The van der Waals surface area contributed by atoms with E-state index in [0.29, 0.717) is 16.3 Å². The Balaban J connectivity index is 2.05. The molecular formula is C18H17NO5S2. The van der Waals surface area contributed by atoms with E-state index >= 15 is 0 Å². The average molecular weight is 391 g/mol. The van der Waals surface area contributed by atoms with Crippen LogP contribution in [0.1, 0.15) is 16.6 Å². The van der Waals surface area contributed by atoms with Crippen molar-refractivity contribution in [3.63, 3.8) is 0 Å². The van der Waals surface area contributed by atoms with Gasteiger partial charge in [-0.1, -0.05) is 12.1 Å². The summed E-state index contributed by atoms with van der Waals surface area (Å²) in [6, 6.07) is 7.52. The van der Waals surface area contributed by atoms with Crippen LogP contribution in [0.3, 0.4) is 0 Å². The number of nitrogen functional groups attached to an aromatic ring is 1. The Hall–Kier alpha value is -2.58. The SMILES string of the molecule is CCOC(=O)COc1c(C(=O)OC)sc2c(-c3cccc(N)c3)csc12. The number of thiophene rings is 2. The Kier molecular flexibility index (Phi) is 5.43. The third-order valence-electron chi connectivity index (χ3n) is 3.57. The molecule has 0 aliphatic rings. The summed E-state index contributed by atoms with van der Waals surface area (Å²) in [6.45, 7) is 1.72. The summed E-state index contributed by atoms with van der Waals surface area (Å²) in [4.78, 5) is 24.1. The summed E-state index contributed by atoms with van der Waals surface area (Å²) < 4.78 is 17.0. The maximum atomic E-state index is 12.2. The van der Waals surface area contributed by atoms with Crippen molar-refractivity contribution in [1.82, 2.24) is 0 Å². The maximum absolute atomic E-state index is 12.2. The van der Waals surface area contributed by atoms with E-state index in [2.05, 4.69) is 0 Å². The van der Waals surface area contributed by atoms with E-state index < -0.39 is 11.9 Å². The molecular weight excluding hydrogens is 374 g/mol. The van der Waals surface area contributed by atoms with Gasteiger partial charge >= 0.3 is 11.9 Å². The van der Waals surface area contributed by atoms with Crippen molar-refractivity contribution in [3.05, 3.63) is 34.5 Å². The molecule has 3 aromatic rings. The molecule has 0 unspecified atom stereocenters. The molecule has 0 aliphatic heterocycles. The minimum atomic E-state index is -0.504. The third kappa shape index (κ3) is 3.51. The van der Waals surface area contributed by atoms with E-state index in [1.165, 1.54) is 29.8 Å². The number of nitrogens with two attached hydrogens (primary N) is 1. The second kappa shape index (κ2) is 7.76. The van der Waals surface area contributed by atoms with Gasteiger partial charge in [-0.15, -0.1) is 22.7 Å². The van der Waals surface area contributed by atoms with E-state index in [-0.39, 0.29) is 13.2 Å². The van der Waals surface area contributed by atoms with E-state index in [9.17, 15) is 9.59 Å². The highest BCUT2D eigenvalue weighted by Gasteiger charge is 2.25. The van der Waals surface area contributed by atoms with Crippen molar-refractivity contribution in [3.8, 4) is 16.9 Å². The summed E-state index contributed by atoms with van der Waals surface area (Å²) in [6.07, 6.45) is 0. The van der Waals surface area contributed by atoms with E-state index in [1.54, 1.807) is 6.92 Å². The predicted octanol–water partition coefficient (Wildman–Crippen LogP) is 3.94. The van der Waals surface area contributed by atoms with E-state index in [1.807, 2.05) is 29.6 Å². The summed E-state index contributed by atoms with van der Waals surface area (Å²) in [5, 5.41) is 1.98. The molecule has 136 valence electrons. The molecule has 0 aliphatic carbocycles. The minimum absolute atomic E-state index is 0.268. The van der Waals surface area contributed by atoms with Gasteiger partial charge < -0.3 is 19.9 Å². The molecule has 1 aromatic carbocycles. The van der Waals surface area contributed by atoms with Crippen molar-refractivity contribution in [2.75, 3.05) is 26.1 Å². The van der Waals surface area contributed by atoms with Gasteiger partial charge in [-0.3, -0.25) is 0 Å². The quantitative estimate of drug-likeness (QED) is 0.506. The standard InChI is InChI=1S/C18H17NO5S2/c1-3-23-13(20)8-24-14-16-15(26-17(14)18(21)22-2)12(9-25-16)10-5-4-6-11(19)7-10/h4-7,9H,3,8,19H2,1-2H3. The largest absolute Gasteiger partial charge is 0.479 e. The molecule has 0 amide bonds. The molecule has 8 heteroatoms. The predicted molar refractivity (Wildman–Crippen MR) is 103 cm³/mol. The van der Waals surface area contributed by atoms with Gasteiger partial charge in [-0.2, -0.15) is 0 Å². The molecule has 0 radical (unpaired) electrons. The molecule has 3 rings (SSSR count). The Labute approximate surface area is 158 Å². The number of carbonyl (C=O) groups is 2. The van der Waals surface area contributed by atoms with Crippen LogP contribution in [0.4, 0.5) is 5.69 Å². The lowest BCUT2D eigenvalue weighted by Gasteiger charge is -2.06. The molecule has 26 heavy (non-hydrogen) atoms. The van der Waals surface area contributed by atoms with Crippen LogP contribution in [-0.2, 0) is 14.3 Å². The van der Waals surface area contributed by atoms with Crippen LogP contribution in [0.2, 0.25) is 0 Å². The zero-order valence-electron chi connectivity index (χ0n) is 14.2. The number of esters is 2. The fourth-order valence-electron chi connectivity index (χ4n) is 2.45. The third-order valence-corrected chi connectivity index (χ3v) is 5.86. The summed E-state index contributed by atoms with van der Waals surface area (Å²) >= 11 is 2.71. The monoisotopic (exact) mass is 391 g/mol. The van der Waals surface area contributed by atoms with Gasteiger partial charge in [0.2, 0.25) is 0 Å². The number of hydrogen-bond donors (Lipinski definition) is 1. The van der Waals surface area contributed by atoms with Crippen LogP contribution in [-0.4, -0.2) is 32.3 Å². The van der Waals surface area contributed by atoms with Crippen molar-refractivity contribution >= 4 is 49.7 Å². The Morgan fingerprint density at radius 2 is 2.04 bits per heavy atom. The summed E-state index contributed by atoms with van der Waals surface area (Å²) in [7, 11) is 1.31. The molecule has 2 aromatic heterocycles. The van der Waals surface area contributed by atoms with Crippen LogP contribution in [0.5, 0.6) is 5.75 Å². The topological polar surface area (TPSA) is 87.8 Å². The fraction of sp³-hybridized carbons (Fsp3) is 0.222. The smallest absolute Gasteiger partial charge is 0.351 e. The zero-order chi connectivity index (χ0) is 18.7. The first kappa shape index (κ1) is 18.2. The molecule has 0 saturated heterocycles. The Morgan fingerprint density at radius 3 is 2.73 bits per heavy atom. The molecule has 0 atom stereocenters. The van der Waals surface area contributed by atoms with E-state index in [0.717, 1.165) is 20.5 Å². The molecule has 0 bridgehead atoms. The lowest BCUT2D eigenvalue weighted by molar-refractivity contribution is -0.145. The van der Waals surface area contributed by atoms with Gasteiger partial charge in [-0.05, 0) is 24.6 Å². The van der Waals surface area contributed by atoms with Gasteiger partial charge in [0, 0.05) is 16.6 Å². The first-order valence-corrected chi connectivity index (χ1v) is 9.51. The number of hydrogen-bond acceptors (Lipinski definition) is 8. The van der Waals surface area contributed by atoms with Crippen LogP contribution in [0.15, 0.2) is 29.6 Å². The fourth-order valence-corrected chi connectivity index (χ4v) is 4.93. The molecule has 6 nitrogen and oxygen atoms in total.